The minimum atomic E-state index is -0.490. The summed E-state index contributed by atoms with van der Waals surface area (Å²) in [4.78, 5) is 24.4. The number of aliphatic hydroxyl groups excluding tert-OH is 1. The Hall–Kier alpha value is -1.14. The fourth-order valence-corrected chi connectivity index (χ4v) is 1.32. The Morgan fingerprint density at radius 3 is 2.47 bits per heavy atom. The molecule has 3 amide bonds. The predicted molar refractivity (Wildman–Crippen MR) is 65.6 cm³/mol. The van der Waals surface area contributed by atoms with Gasteiger partial charge in [0.15, 0.2) is 0 Å². The fraction of sp³-hybridized carbons (Fsp3) is 0.818. The normalized spacial score (nSPS) is 12.3. The van der Waals surface area contributed by atoms with Gasteiger partial charge in [-0.05, 0) is 39.8 Å². The Bertz CT molecular complexity index is 246. The highest BCUT2D eigenvalue weighted by Crippen LogP contribution is 2.01. The lowest BCUT2D eigenvalue weighted by Crippen LogP contribution is -2.48. The molecule has 0 rings (SSSR count). The SMILES string of the molecule is CNC(=O)NC(=O)C(C)N(C)CCCCCO. The van der Waals surface area contributed by atoms with Crippen molar-refractivity contribution in [2.45, 2.75) is 32.2 Å². The summed E-state index contributed by atoms with van der Waals surface area (Å²) in [6.45, 7) is 2.73. The highest BCUT2D eigenvalue weighted by atomic mass is 16.3. The van der Waals surface area contributed by atoms with E-state index in [9.17, 15) is 9.59 Å². The van der Waals surface area contributed by atoms with Crippen molar-refractivity contribution in [1.82, 2.24) is 15.5 Å². The molecule has 1 unspecified atom stereocenters. The Balaban J connectivity index is 3.90. The topological polar surface area (TPSA) is 81.7 Å². The number of urea groups is 1. The highest BCUT2D eigenvalue weighted by molar-refractivity contribution is 5.96. The largest absolute Gasteiger partial charge is 0.396 e. The van der Waals surface area contributed by atoms with Crippen LogP contribution in [0, 0.1) is 0 Å². The molecule has 6 heteroatoms. The first-order valence-electron chi connectivity index (χ1n) is 5.86. The van der Waals surface area contributed by atoms with Crippen molar-refractivity contribution in [2.24, 2.45) is 0 Å². The van der Waals surface area contributed by atoms with Gasteiger partial charge in [0.2, 0.25) is 5.91 Å². The second-order valence-electron chi connectivity index (χ2n) is 4.01. The zero-order valence-corrected chi connectivity index (χ0v) is 10.8. The quantitative estimate of drug-likeness (QED) is 0.548. The molecule has 0 aromatic rings. The maximum Gasteiger partial charge on any atom is 0.321 e. The van der Waals surface area contributed by atoms with Crippen LogP contribution in [0.4, 0.5) is 4.79 Å². The molecular formula is C11H23N3O3. The third kappa shape index (κ3) is 6.91. The molecule has 17 heavy (non-hydrogen) atoms. The van der Waals surface area contributed by atoms with Gasteiger partial charge in [-0.2, -0.15) is 0 Å². The Morgan fingerprint density at radius 2 is 1.94 bits per heavy atom. The third-order valence-electron chi connectivity index (χ3n) is 2.67. The number of nitrogens with zero attached hydrogens (tertiary/aromatic N) is 1. The number of hydrogen-bond acceptors (Lipinski definition) is 4. The summed E-state index contributed by atoms with van der Waals surface area (Å²) in [5.74, 6) is -0.311. The van der Waals surface area contributed by atoms with Gasteiger partial charge in [-0.25, -0.2) is 4.79 Å². The van der Waals surface area contributed by atoms with Crippen LogP contribution in [-0.4, -0.2) is 55.2 Å². The number of likely N-dealkylation sites (N-methyl/N-ethyl adjacent to an activating group) is 1. The molecule has 0 aromatic heterocycles. The van der Waals surface area contributed by atoms with Crippen LogP contribution in [0.1, 0.15) is 26.2 Å². The number of aliphatic hydroxyl groups is 1. The molecule has 1 atom stereocenters. The number of imide groups is 1. The van der Waals surface area contributed by atoms with Gasteiger partial charge in [0.25, 0.3) is 0 Å². The van der Waals surface area contributed by atoms with Crippen molar-refractivity contribution in [1.29, 1.82) is 0 Å². The summed E-state index contributed by atoms with van der Waals surface area (Å²) < 4.78 is 0. The van der Waals surface area contributed by atoms with Gasteiger partial charge in [0.05, 0.1) is 6.04 Å². The van der Waals surface area contributed by atoms with Gasteiger partial charge >= 0.3 is 6.03 Å². The first-order valence-corrected chi connectivity index (χ1v) is 5.86. The van der Waals surface area contributed by atoms with E-state index in [1.807, 2.05) is 11.9 Å². The molecule has 100 valence electrons. The molecule has 6 nitrogen and oxygen atoms in total. The number of carbonyl (C=O) groups excluding carboxylic acids is 2. The van der Waals surface area contributed by atoms with Crippen LogP contribution in [-0.2, 0) is 4.79 Å². The molecule has 0 fully saturated rings. The summed E-state index contributed by atoms with van der Waals surface area (Å²) in [6.07, 6.45) is 2.64. The third-order valence-corrected chi connectivity index (χ3v) is 2.67. The van der Waals surface area contributed by atoms with Crippen molar-refractivity contribution in [3.8, 4) is 0 Å². The molecule has 0 heterocycles. The number of carbonyl (C=O) groups is 2. The van der Waals surface area contributed by atoms with Crippen LogP contribution in [0.15, 0.2) is 0 Å². The summed E-state index contributed by atoms with van der Waals surface area (Å²) >= 11 is 0. The van der Waals surface area contributed by atoms with Crippen molar-refractivity contribution < 1.29 is 14.7 Å². The van der Waals surface area contributed by atoms with E-state index >= 15 is 0 Å². The lowest BCUT2D eigenvalue weighted by Gasteiger charge is -2.23. The van der Waals surface area contributed by atoms with Crippen LogP contribution >= 0.6 is 0 Å². The smallest absolute Gasteiger partial charge is 0.321 e. The number of amides is 3. The molecule has 0 saturated heterocycles. The van der Waals surface area contributed by atoms with Crippen LogP contribution < -0.4 is 10.6 Å². The number of unbranched alkanes of at least 4 members (excludes halogenated alkanes) is 2. The summed E-state index contributed by atoms with van der Waals surface area (Å²) in [5, 5.41) is 13.2. The summed E-state index contributed by atoms with van der Waals surface area (Å²) in [6, 6.07) is -0.836. The molecule has 3 N–H and O–H groups in total. The van der Waals surface area contributed by atoms with Gasteiger partial charge in [-0.15, -0.1) is 0 Å². The average molecular weight is 245 g/mol. The van der Waals surface area contributed by atoms with E-state index in [4.69, 9.17) is 5.11 Å². The second kappa shape index (κ2) is 8.95. The molecule has 0 aliphatic carbocycles. The molecule has 0 bridgehead atoms. The Labute approximate surface area is 102 Å². The van der Waals surface area contributed by atoms with Gasteiger partial charge < -0.3 is 10.4 Å². The van der Waals surface area contributed by atoms with Crippen molar-refractivity contribution >= 4 is 11.9 Å². The van der Waals surface area contributed by atoms with E-state index < -0.39 is 6.03 Å². The van der Waals surface area contributed by atoms with E-state index in [0.29, 0.717) is 0 Å². The zero-order chi connectivity index (χ0) is 13.3. The first-order chi connectivity index (χ1) is 8.02. The van der Waals surface area contributed by atoms with Crippen LogP contribution in [0.2, 0.25) is 0 Å². The average Bonchev–Trinajstić information content (AvgIpc) is 2.33. The lowest BCUT2D eigenvalue weighted by molar-refractivity contribution is -0.124. The lowest BCUT2D eigenvalue weighted by atomic mass is 10.2. The molecule has 0 spiro atoms. The predicted octanol–water partition coefficient (Wildman–Crippen LogP) is -0.0751. The minimum Gasteiger partial charge on any atom is -0.396 e. The zero-order valence-electron chi connectivity index (χ0n) is 10.8. The molecule has 0 aliphatic heterocycles. The number of rotatable bonds is 7. The fourth-order valence-electron chi connectivity index (χ4n) is 1.32. The van der Waals surface area contributed by atoms with E-state index in [1.54, 1.807) is 6.92 Å². The number of nitrogens with one attached hydrogen (secondary N) is 2. The van der Waals surface area contributed by atoms with E-state index in [2.05, 4.69) is 10.6 Å². The maximum absolute atomic E-state index is 11.6. The maximum atomic E-state index is 11.6. The van der Waals surface area contributed by atoms with Gasteiger partial charge in [0, 0.05) is 13.7 Å². The number of hydrogen-bond donors (Lipinski definition) is 3. The van der Waals surface area contributed by atoms with E-state index in [0.717, 1.165) is 25.8 Å². The van der Waals surface area contributed by atoms with Crippen molar-refractivity contribution in [2.75, 3.05) is 27.2 Å². The van der Waals surface area contributed by atoms with Crippen molar-refractivity contribution in [3.05, 3.63) is 0 Å². The molecule has 0 radical (unpaired) electrons. The Kier molecular flexibility index (Phi) is 8.35. The minimum absolute atomic E-state index is 0.205. The summed E-state index contributed by atoms with van der Waals surface area (Å²) in [5.41, 5.74) is 0. The Morgan fingerprint density at radius 1 is 1.29 bits per heavy atom. The molecule has 0 saturated carbocycles. The molecule has 0 aromatic carbocycles. The first kappa shape index (κ1) is 15.9. The standard InChI is InChI=1S/C11H23N3O3/c1-9(10(16)13-11(17)12-2)14(3)7-5-4-6-8-15/h9,15H,4-8H2,1-3H3,(H2,12,13,16,17). The monoisotopic (exact) mass is 245 g/mol. The van der Waals surface area contributed by atoms with E-state index in [1.165, 1.54) is 7.05 Å². The molecule has 0 aliphatic rings. The van der Waals surface area contributed by atoms with Gasteiger partial charge in [0.1, 0.15) is 0 Å². The highest BCUT2D eigenvalue weighted by Gasteiger charge is 2.18. The second-order valence-corrected chi connectivity index (χ2v) is 4.01. The van der Waals surface area contributed by atoms with Gasteiger partial charge in [-0.3, -0.25) is 15.0 Å². The van der Waals surface area contributed by atoms with Crippen molar-refractivity contribution in [3.63, 3.8) is 0 Å². The van der Waals surface area contributed by atoms with Crippen LogP contribution in [0.25, 0.3) is 0 Å². The van der Waals surface area contributed by atoms with E-state index in [-0.39, 0.29) is 18.6 Å². The van der Waals surface area contributed by atoms with Crippen LogP contribution in [0.5, 0.6) is 0 Å². The molecular weight excluding hydrogens is 222 g/mol. The van der Waals surface area contributed by atoms with Gasteiger partial charge in [-0.1, -0.05) is 0 Å². The van der Waals surface area contributed by atoms with Crippen LogP contribution in [0.3, 0.4) is 0 Å². The summed E-state index contributed by atoms with van der Waals surface area (Å²) in [7, 11) is 3.30.